The molecule has 436 valence electrons. The maximum atomic E-state index is 13.4. The monoisotopic (exact) mass is 1070 g/mol. The molecular formula is C66H107NO10. The Morgan fingerprint density at radius 2 is 0.987 bits per heavy atom. The highest BCUT2D eigenvalue weighted by atomic mass is 16.7. The molecule has 0 spiro atoms. The molecule has 1 aliphatic rings. The number of carbonyl (C=O) groups excluding carboxylic acids is 2. The Morgan fingerprint density at radius 1 is 0.532 bits per heavy atom. The predicted molar refractivity (Wildman–Crippen MR) is 319 cm³/mol. The number of amides is 1. The van der Waals surface area contributed by atoms with Gasteiger partial charge in [-0.2, -0.15) is 0 Å². The van der Waals surface area contributed by atoms with Crippen molar-refractivity contribution in [3.63, 3.8) is 0 Å². The quantitative estimate of drug-likeness (QED) is 0.0149. The van der Waals surface area contributed by atoms with Crippen LogP contribution < -0.4 is 5.32 Å². The van der Waals surface area contributed by atoms with Gasteiger partial charge < -0.3 is 45.1 Å². The van der Waals surface area contributed by atoms with Crippen molar-refractivity contribution in [2.24, 2.45) is 0 Å². The van der Waals surface area contributed by atoms with E-state index in [1.54, 1.807) is 6.08 Å². The molecule has 77 heavy (non-hydrogen) atoms. The van der Waals surface area contributed by atoms with Crippen molar-refractivity contribution >= 4 is 11.9 Å². The molecule has 1 aliphatic heterocycles. The van der Waals surface area contributed by atoms with Crippen molar-refractivity contribution in [1.82, 2.24) is 5.32 Å². The van der Waals surface area contributed by atoms with Gasteiger partial charge in [0.05, 0.1) is 25.4 Å². The highest BCUT2D eigenvalue weighted by Gasteiger charge is 2.47. The molecule has 1 rings (SSSR count). The van der Waals surface area contributed by atoms with Gasteiger partial charge in [-0.1, -0.05) is 244 Å². The lowest BCUT2D eigenvalue weighted by molar-refractivity contribution is -0.305. The summed E-state index contributed by atoms with van der Waals surface area (Å²) in [7, 11) is 0. The fourth-order valence-corrected chi connectivity index (χ4v) is 8.43. The van der Waals surface area contributed by atoms with Crippen LogP contribution in [0.15, 0.2) is 134 Å². The van der Waals surface area contributed by atoms with Crippen LogP contribution in [0, 0.1) is 0 Å². The van der Waals surface area contributed by atoms with Gasteiger partial charge >= 0.3 is 5.97 Å². The fourth-order valence-electron chi connectivity index (χ4n) is 8.43. The van der Waals surface area contributed by atoms with Crippen molar-refractivity contribution in [2.75, 3.05) is 13.2 Å². The normalized spacial score (nSPS) is 20.0. The van der Waals surface area contributed by atoms with E-state index in [0.717, 1.165) is 96.3 Å². The van der Waals surface area contributed by atoms with Crippen molar-refractivity contribution in [3.8, 4) is 0 Å². The maximum Gasteiger partial charge on any atom is 0.306 e. The third kappa shape index (κ3) is 40.6. The van der Waals surface area contributed by atoms with Crippen LogP contribution in [0.1, 0.15) is 207 Å². The zero-order chi connectivity index (χ0) is 56.1. The minimum Gasteiger partial charge on any atom is -0.454 e. The van der Waals surface area contributed by atoms with E-state index < -0.39 is 67.4 Å². The molecule has 8 atom stereocenters. The van der Waals surface area contributed by atoms with Gasteiger partial charge in [-0.15, -0.1) is 0 Å². The third-order valence-corrected chi connectivity index (χ3v) is 13.2. The largest absolute Gasteiger partial charge is 0.454 e. The lowest BCUT2D eigenvalue weighted by Crippen LogP contribution is -2.61. The molecule has 8 unspecified atom stereocenters. The molecule has 0 aromatic carbocycles. The van der Waals surface area contributed by atoms with E-state index in [0.29, 0.717) is 12.8 Å². The van der Waals surface area contributed by atoms with Gasteiger partial charge in [0.15, 0.2) is 12.4 Å². The number of allylic oxidation sites excluding steroid dienone is 21. The van der Waals surface area contributed by atoms with Gasteiger partial charge in [0.25, 0.3) is 0 Å². The van der Waals surface area contributed by atoms with E-state index >= 15 is 0 Å². The number of esters is 1. The number of aliphatic hydroxyl groups excluding tert-OH is 5. The van der Waals surface area contributed by atoms with Crippen LogP contribution in [0.2, 0.25) is 0 Å². The van der Waals surface area contributed by atoms with Crippen LogP contribution in [0.25, 0.3) is 0 Å². The zero-order valence-corrected chi connectivity index (χ0v) is 48.0. The van der Waals surface area contributed by atoms with Crippen LogP contribution in [0.4, 0.5) is 0 Å². The Morgan fingerprint density at radius 3 is 1.55 bits per heavy atom. The van der Waals surface area contributed by atoms with E-state index in [4.69, 9.17) is 14.2 Å². The van der Waals surface area contributed by atoms with Crippen molar-refractivity contribution < 1.29 is 49.3 Å². The summed E-state index contributed by atoms with van der Waals surface area (Å²) in [6.07, 6.45) is 63.4. The number of nitrogens with one attached hydrogen (secondary N) is 1. The van der Waals surface area contributed by atoms with Crippen LogP contribution in [-0.2, 0) is 23.8 Å². The summed E-state index contributed by atoms with van der Waals surface area (Å²) in [6.45, 7) is 5.55. The summed E-state index contributed by atoms with van der Waals surface area (Å²) >= 11 is 0. The lowest BCUT2D eigenvalue weighted by Gasteiger charge is -2.41. The molecule has 0 aliphatic carbocycles. The first-order valence-electron chi connectivity index (χ1n) is 30.0. The molecule has 0 saturated carbocycles. The molecule has 0 radical (unpaired) electrons. The second-order valence-corrected chi connectivity index (χ2v) is 20.1. The maximum absolute atomic E-state index is 13.4. The van der Waals surface area contributed by atoms with Crippen molar-refractivity contribution in [3.05, 3.63) is 134 Å². The van der Waals surface area contributed by atoms with E-state index in [1.165, 1.54) is 64.2 Å². The Kier molecular flexibility index (Phi) is 48.3. The highest BCUT2D eigenvalue weighted by molar-refractivity contribution is 5.80. The number of ether oxygens (including phenoxy) is 3. The summed E-state index contributed by atoms with van der Waals surface area (Å²) in [5, 5.41) is 56.9. The minimum atomic E-state index is -1.65. The first-order chi connectivity index (χ1) is 37.7. The van der Waals surface area contributed by atoms with Gasteiger partial charge in [-0.05, 0) is 89.9 Å². The number of hydrogen-bond donors (Lipinski definition) is 6. The van der Waals surface area contributed by atoms with Crippen molar-refractivity contribution in [1.29, 1.82) is 0 Å². The SMILES string of the molecule is CC\C=C/C=C/C=C/C=C\C=C\C=C\CCCCCC(=O)OC1C(OCC(NC(=O)C(O)CCCCCC/C=C\C/C=C\C/C=C\C/C=C\CCCCC)C(O)/C=C/CCCCCCCCCCC)OC(CO)C(O)C1O. The average molecular weight is 1070 g/mol. The van der Waals surface area contributed by atoms with Gasteiger partial charge in [0, 0.05) is 6.42 Å². The van der Waals surface area contributed by atoms with Crippen LogP contribution >= 0.6 is 0 Å². The molecule has 1 fully saturated rings. The molecule has 1 amide bonds. The van der Waals surface area contributed by atoms with E-state index in [-0.39, 0.29) is 19.4 Å². The van der Waals surface area contributed by atoms with Crippen LogP contribution in [0.3, 0.4) is 0 Å². The fraction of sp³-hybridized carbons (Fsp3) is 0.636. The van der Waals surface area contributed by atoms with Crippen molar-refractivity contribution in [2.45, 2.75) is 256 Å². The molecule has 6 N–H and O–H groups in total. The van der Waals surface area contributed by atoms with Crippen LogP contribution in [-0.4, -0.2) is 99.6 Å². The molecule has 0 aromatic heterocycles. The van der Waals surface area contributed by atoms with Gasteiger partial charge in [0.1, 0.15) is 24.4 Å². The Labute approximate surface area is 467 Å². The first-order valence-corrected chi connectivity index (χ1v) is 30.0. The third-order valence-electron chi connectivity index (χ3n) is 13.2. The molecule has 11 heteroatoms. The van der Waals surface area contributed by atoms with Gasteiger partial charge in [-0.25, -0.2) is 0 Å². The minimum absolute atomic E-state index is 0.0614. The zero-order valence-electron chi connectivity index (χ0n) is 48.0. The number of aliphatic hydroxyl groups is 5. The summed E-state index contributed by atoms with van der Waals surface area (Å²) in [4.78, 5) is 26.5. The summed E-state index contributed by atoms with van der Waals surface area (Å²) in [6, 6.07) is -1.05. The van der Waals surface area contributed by atoms with Gasteiger partial charge in [-0.3, -0.25) is 9.59 Å². The average Bonchev–Trinajstić information content (AvgIpc) is 3.43. The standard InChI is InChI=1S/C66H107NO10/c1-4-7-10-13-16-19-22-24-26-28-29-30-32-33-35-38-41-44-47-50-53-59(70)65(74)67-57(58(69)52-49-46-43-40-37-21-18-15-12-9-6-3)56-75-66-64(63(73)62(72)60(55-68)76-66)77-61(71)54-51-48-45-42-39-36-34-31-27-25-23-20-17-14-11-8-5-2/h8,11,14,16-17,19-20,23-27,29-31,33-36,39,49,52,57-60,62-64,66,68-70,72-73H,4-7,9-10,12-13,15,18,21-22,28,32,37-38,40-48,50-51,53-56H2,1-3H3,(H,67,74)/b11-8-,17-14+,19-16-,23-20+,26-24-,27-25-,30-29-,34-31+,35-33-,39-36+,52-49+. The molecule has 11 nitrogen and oxygen atoms in total. The van der Waals surface area contributed by atoms with Crippen LogP contribution in [0.5, 0.6) is 0 Å². The number of hydrogen-bond acceptors (Lipinski definition) is 10. The summed E-state index contributed by atoms with van der Waals surface area (Å²) in [5.74, 6) is -1.27. The first kappa shape index (κ1) is 70.8. The van der Waals surface area contributed by atoms with E-state index in [9.17, 15) is 35.1 Å². The van der Waals surface area contributed by atoms with Gasteiger partial charge in [0.2, 0.25) is 5.91 Å². The molecular weight excluding hydrogens is 967 g/mol. The number of unbranched alkanes of at least 4 members (excludes halogenated alkanes) is 19. The highest BCUT2D eigenvalue weighted by Crippen LogP contribution is 2.26. The number of carbonyl (C=O) groups is 2. The summed E-state index contributed by atoms with van der Waals surface area (Å²) in [5.41, 5.74) is 0. The van der Waals surface area contributed by atoms with E-state index in [1.807, 2.05) is 66.8 Å². The molecule has 1 saturated heterocycles. The molecule has 1 heterocycles. The Balaban J connectivity index is 2.75. The summed E-state index contributed by atoms with van der Waals surface area (Å²) < 4.78 is 17.5. The Bertz CT molecular complexity index is 1760. The second kappa shape index (κ2) is 52.5. The molecule has 0 aromatic rings. The second-order valence-electron chi connectivity index (χ2n) is 20.1. The molecule has 0 bridgehead atoms. The predicted octanol–water partition coefficient (Wildman–Crippen LogP) is 14.1. The topological polar surface area (TPSA) is 175 Å². The Hall–Kier alpha value is -4.20. The van der Waals surface area contributed by atoms with E-state index in [2.05, 4.69) is 86.8 Å². The lowest BCUT2D eigenvalue weighted by atomic mass is 9.99. The number of rotatable bonds is 48. The smallest absolute Gasteiger partial charge is 0.306 e.